The smallest absolute Gasteiger partial charge is 0.243 e. The number of fused-ring (bicyclic) bond motifs is 1. The Morgan fingerprint density at radius 3 is 2.53 bits per heavy atom. The third-order valence-corrected chi connectivity index (χ3v) is 9.38. The van der Waals surface area contributed by atoms with Gasteiger partial charge in [0, 0.05) is 31.3 Å². The normalized spacial score (nSPS) is 15.0. The maximum absolute atomic E-state index is 14.4. The SMILES string of the molecule is COc1ccc(S(=O)(=O)N2CCC(C(=O)N(Cc3ccccn3)c3nc4c(F)cc(F)cc4s3)CC2)cc1. The number of nitrogens with zero attached hydrogens (tertiary/aromatic N) is 4. The molecule has 8 nitrogen and oxygen atoms in total. The number of halogens is 2. The van der Waals surface area contributed by atoms with E-state index >= 15 is 0 Å². The molecule has 12 heteroatoms. The summed E-state index contributed by atoms with van der Waals surface area (Å²) in [5, 5.41) is 0.230. The molecule has 0 radical (unpaired) electrons. The lowest BCUT2D eigenvalue weighted by molar-refractivity contribution is -0.123. The molecule has 0 saturated carbocycles. The fraction of sp³-hybridized carbons (Fsp3) is 0.269. The standard InChI is InChI=1S/C26H24F2N4O4S2/c1-36-20-5-7-21(8-6-20)38(34,35)31-12-9-17(10-13-31)25(33)32(16-19-4-2-3-11-29-19)26-30-24-22(28)14-18(27)15-23(24)37-26/h2-8,11,14-15,17H,9-10,12-13,16H2,1H3. The summed E-state index contributed by atoms with van der Waals surface area (Å²) in [5.41, 5.74) is 0.594. The van der Waals surface area contributed by atoms with Crippen LogP contribution in [0.5, 0.6) is 5.75 Å². The van der Waals surface area contributed by atoms with Gasteiger partial charge in [-0.15, -0.1) is 0 Å². The largest absolute Gasteiger partial charge is 0.497 e. The number of carbonyl (C=O) groups is 1. The van der Waals surface area contributed by atoms with Crippen molar-refractivity contribution in [1.29, 1.82) is 0 Å². The van der Waals surface area contributed by atoms with Crippen LogP contribution in [0.1, 0.15) is 18.5 Å². The zero-order valence-electron chi connectivity index (χ0n) is 20.4. The van der Waals surface area contributed by atoms with Crippen molar-refractivity contribution in [1.82, 2.24) is 14.3 Å². The van der Waals surface area contributed by atoms with Crippen LogP contribution < -0.4 is 9.64 Å². The van der Waals surface area contributed by atoms with E-state index in [1.54, 1.807) is 36.5 Å². The van der Waals surface area contributed by atoms with Crippen LogP contribution in [0.2, 0.25) is 0 Å². The van der Waals surface area contributed by atoms with E-state index in [4.69, 9.17) is 4.74 Å². The maximum Gasteiger partial charge on any atom is 0.243 e. The lowest BCUT2D eigenvalue weighted by Crippen LogP contribution is -2.44. The lowest BCUT2D eigenvalue weighted by Gasteiger charge is -2.33. The molecule has 0 spiro atoms. The molecule has 0 atom stereocenters. The first-order valence-electron chi connectivity index (χ1n) is 11.9. The molecular formula is C26H24F2N4O4S2. The Kier molecular flexibility index (Phi) is 7.37. The highest BCUT2D eigenvalue weighted by Gasteiger charge is 2.35. The third-order valence-electron chi connectivity index (χ3n) is 6.45. The highest BCUT2D eigenvalue weighted by Crippen LogP contribution is 2.34. The van der Waals surface area contributed by atoms with Gasteiger partial charge in [0.15, 0.2) is 10.9 Å². The van der Waals surface area contributed by atoms with Gasteiger partial charge in [-0.05, 0) is 55.3 Å². The Morgan fingerprint density at radius 2 is 1.87 bits per heavy atom. The molecule has 0 unspecified atom stereocenters. The molecule has 4 aromatic rings. The first kappa shape index (κ1) is 26.1. The predicted octanol–water partition coefficient (Wildman–Crippen LogP) is 4.61. The van der Waals surface area contributed by atoms with Crippen molar-refractivity contribution >= 4 is 42.6 Å². The first-order valence-corrected chi connectivity index (χ1v) is 14.1. The van der Waals surface area contributed by atoms with Gasteiger partial charge < -0.3 is 4.74 Å². The van der Waals surface area contributed by atoms with Crippen molar-refractivity contribution in [3.63, 3.8) is 0 Å². The van der Waals surface area contributed by atoms with Gasteiger partial charge in [0.05, 0.1) is 28.9 Å². The predicted molar refractivity (Wildman–Crippen MR) is 139 cm³/mol. The van der Waals surface area contributed by atoms with Gasteiger partial charge in [0.25, 0.3) is 0 Å². The van der Waals surface area contributed by atoms with E-state index < -0.39 is 27.6 Å². The summed E-state index contributed by atoms with van der Waals surface area (Å²) in [4.78, 5) is 23.9. The van der Waals surface area contributed by atoms with E-state index in [1.165, 1.54) is 34.5 Å². The number of sulfonamides is 1. The Labute approximate surface area is 222 Å². The molecular weight excluding hydrogens is 534 g/mol. The number of pyridine rings is 1. The van der Waals surface area contributed by atoms with Gasteiger partial charge in [-0.25, -0.2) is 22.2 Å². The maximum atomic E-state index is 14.4. The van der Waals surface area contributed by atoms with Crippen molar-refractivity contribution < 1.29 is 26.7 Å². The van der Waals surface area contributed by atoms with Gasteiger partial charge in [0.2, 0.25) is 15.9 Å². The molecule has 5 rings (SSSR count). The van der Waals surface area contributed by atoms with Crippen LogP contribution in [0, 0.1) is 17.6 Å². The minimum atomic E-state index is -3.73. The van der Waals surface area contributed by atoms with Crippen LogP contribution in [-0.4, -0.2) is 48.8 Å². The molecule has 0 bridgehead atoms. The molecule has 1 amide bonds. The molecule has 2 aromatic heterocycles. The van der Waals surface area contributed by atoms with Crippen molar-refractivity contribution in [3.05, 3.63) is 78.1 Å². The monoisotopic (exact) mass is 558 g/mol. The Bertz CT molecular complexity index is 1560. The number of benzene rings is 2. The molecule has 198 valence electrons. The lowest BCUT2D eigenvalue weighted by atomic mass is 9.96. The molecule has 0 N–H and O–H groups in total. The number of methoxy groups -OCH3 is 1. The van der Waals surface area contributed by atoms with Crippen molar-refractivity contribution in [3.8, 4) is 5.75 Å². The van der Waals surface area contributed by atoms with Gasteiger partial charge in [0.1, 0.15) is 17.1 Å². The van der Waals surface area contributed by atoms with Crippen LogP contribution in [0.3, 0.4) is 0 Å². The van der Waals surface area contributed by atoms with Crippen molar-refractivity contribution in [2.75, 3.05) is 25.1 Å². The second kappa shape index (κ2) is 10.7. The van der Waals surface area contributed by atoms with Crippen molar-refractivity contribution in [2.24, 2.45) is 5.92 Å². The minimum absolute atomic E-state index is 0.00868. The number of anilines is 1. The quantitative estimate of drug-likeness (QED) is 0.329. The average Bonchev–Trinajstić information content (AvgIpc) is 3.36. The fourth-order valence-corrected chi connectivity index (χ4v) is 6.89. The van der Waals surface area contributed by atoms with E-state index in [2.05, 4.69) is 9.97 Å². The summed E-state index contributed by atoms with van der Waals surface area (Å²) in [7, 11) is -2.22. The zero-order valence-corrected chi connectivity index (χ0v) is 22.0. The van der Waals surface area contributed by atoms with Gasteiger partial charge >= 0.3 is 0 Å². The molecule has 0 aliphatic carbocycles. The number of piperidine rings is 1. The van der Waals surface area contributed by atoms with Crippen LogP contribution in [0.15, 0.2) is 65.7 Å². The molecule has 1 fully saturated rings. The second-order valence-corrected chi connectivity index (χ2v) is 11.8. The van der Waals surface area contributed by atoms with E-state index in [9.17, 15) is 22.0 Å². The summed E-state index contributed by atoms with van der Waals surface area (Å²) in [5.74, 6) is -1.71. The summed E-state index contributed by atoms with van der Waals surface area (Å²) in [6.45, 7) is 0.428. The van der Waals surface area contributed by atoms with Crippen LogP contribution in [-0.2, 0) is 21.4 Å². The summed E-state index contributed by atoms with van der Waals surface area (Å²) >= 11 is 1.02. The van der Waals surface area contributed by atoms with Gasteiger partial charge in [-0.2, -0.15) is 4.31 Å². The number of amides is 1. The van der Waals surface area contributed by atoms with Crippen LogP contribution >= 0.6 is 11.3 Å². The van der Waals surface area contributed by atoms with E-state index in [0.717, 1.165) is 17.4 Å². The third kappa shape index (κ3) is 5.24. The number of aromatic nitrogens is 2. The molecule has 1 aliphatic rings. The summed E-state index contributed by atoms with van der Waals surface area (Å²) in [6, 6.07) is 13.4. The fourth-order valence-electron chi connectivity index (χ4n) is 4.41. The van der Waals surface area contributed by atoms with Crippen molar-refractivity contribution in [2.45, 2.75) is 24.3 Å². The Hall–Kier alpha value is -3.48. The van der Waals surface area contributed by atoms with Gasteiger partial charge in [-0.3, -0.25) is 14.7 Å². The number of rotatable bonds is 7. The minimum Gasteiger partial charge on any atom is -0.497 e. The molecule has 2 aromatic carbocycles. The molecule has 38 heavy (non-hydrogen) atoms. The van der Waals surface area contributed by atoms with Gasteiger partial charge in [-0.1, -0.05) is 17.4 Å². The highest BCUT2D eigenvalue weighted by molar-refractivity contribution is 7.89. The number of hydrogen-bond donors (Lipinski definition) is 0. The summed E-state index contributed by atoms with van der Waals surface area (Å²) in [6.07, 6.45) is 2.22. The molecule has 1 aliphatic heterocycles. The number of ether oxygens (including phenoxy) is 1. The topological polar surface area (TPSA) is 92.7 Å². The number of thiazole rings is 1. The van der Waals surface area contributed by atoms with E-state index in [0.29, 0.717) is 24.3 Å². The average molecular weight is 559 g/mol. The molecule has 1 saturated heterocycles. The Balaban J connectivity index is 1.37. The number of carbonyl (C=O) groups excluding carboxylic acids is 1. The van der Waals surface area contributed by atoms with E-state index in [-0.39, 0.29) is 45.8 Å². The Morgan fingerprint density at radius 1 is 1.13 bits per heavy atom. The highest BCUT2D eigenvalue weighted by atomic mass is 32.2. The first-order chi connectivity index (χ1) is 18.3. The second-order valence-electron chi connectivity index (χ2n) is 8.83. The van der Waals surface area contributed by atoms with Crippen LogP contribution in [0.25, 0.3) is 10.2 Å². The number of hydrogen-bond acceptors (Lipinski definition) is 7. The van der Waals surface area contributed by atoms with Crippen LogP contribution in [0.4, 0.5) is 13.9 Å². The molecule has 3 heterocycles. The zero-order chi connectivity index (χ0) is 26.9. The summed E-state index contributed by atoms with van der Waals surface area (Å²) < 4.78 is 61.2. The van der Waals surface area contributed by atoms with E-state index in [1.807, 2.05) is 0 Å².